The Labute approximate surface area is 162 Å². The fourth-order valence-corrected chi connectivity index (χ4v) is 3.84. The summed E-state index contributed by atoms with van der Waals surface area (Å²) >= 11 is 7.25. The number of halogens is 1. The summed E-state index contributed by atoms with van der Waals surface area (Å²) in [4.78, 5) is 17.7. The van der Waals surface area contributed by atoms with Crippen molar-refractivity contribution in [1.82, 2.24) is 4.98 Å². The van der Waals surface area contributed by atoms with Crippen molar-refractivity contribution in [1.29, 1.82) is 0 Å². The van der Waals surface area contributed by atoms with Crippen LogP contribution in [0.25, 0.3) is 0 Å². The summed E-state index contributed by atoms with van der Waals surface area (Å²) in [5.41, 5.74) is 11.7. The zero-order valence-electron chi connectivity index (χ0n) is 15.1. The highest BCUT2D eigenvalue weighted by molar-refractivity contribution is 7.18. The lowest BCUT2D eigenvalue weighted by Crippen LogP contribution is -2.05. The van der Waals surface area contributed by atoms with E-state index in [1.165, 1.54) is 11.3 Å². The lowest BCUT2D eigenvalue weighted by Gasteiger charge is -2.08. The molecule has 0 atom stereocenters. The van der Waals surface area contributed by atoms with Crippen LogP contribution >= 0.6 is 22.9 Å². The van der Waals surface area contributed by atoms with Gasteiger partial charge in [0.05, 0.1) is 0 Å². The minimum absolute atomic E-state index is 0.0959. The Morgan fingerprint density at radius 3 is 2.42 bits per heavy atom. The number of nitrogen functional groups attached to an aromatic ring is 1. The standard InChI is InChI=1S/C20H20ClN3OS/c1-10-7-12(3)15(9-11(10)2)17(25)18-19(22)24-20(26-18)23-16-6-5-14(21)8-13(16)4/h5-9H,22H2,1-4H3,(H,23,24). The number of nitrogens with zero attached hydrogens (tertiary/aromatic N) is 1. The first-order valence-corrected chi connectivity index (χ1v) is 9.37. The predicted molar refractivity (Wildman–Crippen MR) is 110 cm³/mol. The van der Waals surface area contributed by atoms with Crippen molar-refractivity contribution >= 4 is 45.4 Å². The number of aromatic nitrogens is 1. The minimum atomic E-state index is -0.0959. The molecule has 0 aliphatic heterocycles. The van der Waals surface area contributed by atoms with Gasteiger partial charge in [-0.25, -0.2) is 4.98 Å². The summed E-state index contributed by atoms with van der Waals surface area (Å²) in [7, 11) is 0. The molecule has 0 saturated carbocycles. The maximum Gasteiger partial charge on any atom is 0.207 e. The Morgan fingerprint density at radius 1 is 1.04 bits per heavy atom. The van der Waals surface area contributed by atoms with Crippen molar-refractivity contribution in [3.63, 3.8) is 0 Å². The average molecular weight is 386 g/mol. The summed E-state index contributed by atoms with van der Waals surface area (Å²) in [5, 5.41) is 4.47. The molecule has 134 valence electrons. The molecule has 0 radical (unpaired) electrons. The number of carbonyl (C=O) groups excluding carboxylic acids is 1. The number of ketones is 1. The van der Waals surface area contributed by atoms with Gasteiger partial charge in [0.2, 0.25) is 5.78 Å². The van der Waals surface area contributed by atoms with Crippen LogP contribution in [0.5, 0.6) is 0 Å². The summed E-state index contributed by atoms with van der Waals surface area (Å²) < 4.78 is 0. The maximum absolute atomic E-state index is 13.0. The van der Waals surface area contributed by atoms with E-state index in [0.717, 1.165) is 27.9 Å². The molecule has 0 bridgehead atoms. The van der Waals surface area contributed by atoms with Crippen molar-refractivity contribution in [3.8, 4) is 0 Å². The van der Waals surface area contributed by atoms with E-state index in [9.17, 15) is 4.79 Å². The molecule has 0 spiro atoms. The molecule has 0 saturated heterocycles. The van der Waals surface area contributed by atoms with Crippen LogP contribution in [0.1, 0.15) is 37.5 Å². The number of nitrogens with two attached hydrogens (primary N) is 1. The molecule has 0 aliphatic rings. The molecule has 0 aliphatic carbocycles. The Kier molecular flexibility index (Phi) is 5.03. The van der Waals surface area contributed by atoms with Crippen LogP contribution in [0.4, 0.5) is 16.6 Å². The molecule has 4 nitrogen and oxygen atoms in total. The van der Waals surface area contributed by atoms with Gasteiger partial charge in [-0.1, -0.05) is 29.0 Å². The fraction of sp³-hybridized carbons (Fsp3) is 0.200. The van der Waals surface area contributed by atoms with Crippen LogP contribution in [-0.4, -0.2) is 10.8 Å². The highest BCUT2D eigenvalue weighted by atomic mass is 35.5. The van der Waals surface area contributed by atoms with Crippen LogP contribution in [-0.2, 0) is 0 Å². The maximum atomic E-state index is 13.0. The molecular weight excluding hydrogens is 366 g/mol. The number of hydrogen-bond acceptors (Lipinski definition) is 5. The third kappa shape index (κ3) is 3.59. The zero-order valence-corrected chi connectivity index (χ0v) is 16.7. The first-order chi connectivity index (χ1) is 12.3. The van der Waals surface area contributed by atoms with Crippen molar-refractivity contribution in [2.24, 2.45) is 0 Å². The second-order valence-electron chi connectivity index (χ2n) is 6.40. The second-order valence-corrected chi connectivity index (χ2v) is 7.83. The van der Waals surface area contributed by atoms with Crippen molar-refractivity contribution in [2.75, 3.05) is 11.1 Å². The number of hydrogen-bond donors (Lipinski definition) is 2. The van der Waals surface area contributed by atoms with E-state index in [2.05, 4.69) is 10.3 Å². The van der Waals surface area contributed by atoms with E-state index in [1.807, 2.05) is 52.0 Å². The SMILES string of the molecule is Cc1cc(C)c(C(=O)c2sc(Nc3ccc(Cl)cc3C)nc2N)cc1C. The largest absolute Gasteiger partial charge is 0.382 e. The van der Waals surface area contributed by atoms with Gasteiger partial charge in [0, 0.05) is 16.3 Å². The van der Waals surface area contributed by atoms with Crippen LogP contribution in [0.3, 0.4) is 0 Å². The molecular formula is C20H20ClN3OS. The summed E-state index contributed by atoms with van der Waals surface area (Å²) in [6.07, 6.45) is 0. The van der Waals surface area contributed by atoms with Gasteiger partial charge in [0.1, 0.15) is 10.7 Å². The van der Waals surface area contributed by atoms with E-state index in [1.54, 1.807) is 6.07 Å². The molecule has 3 rings (SSSR count). The number of anilines is 3. The highest BCUT2D eigenvalue weighted by Crippen LogP contribution is 2.32. The van der Waals surface area contributed by atoms with Gasteiger partial charge in [0.15, 0.2) is 5.13 Å². The van der Waals surface area contributed by atoms with Crippen LogP contribution in [0.15, 0.2) is 30.3 Å². The van der Waals surface area contributed by atoms with Gasteiger partial charge < -0.3 is 11.1 Å². The monoisotopic (exact) mass is 385 g/mol. The number of nitrogens with one attached hydrogen (secondary N) is 1. The molecule has 1 aromatic heterocycles. The molecule has 2 aromatic carbocycles. The van der Waals surface area contributed by atoms with E-state index in [-0.39, 0.29) is 11.6 Å². The van der Waals surface area contributed by atoms with Gasteiger partial charge in [0.25, 0.3) is 0 Å². The number of thiazole rings is 1. The van der Waals surface area contributed by atoms with Gasteiger partial charge in [-0.2, -0.15) is 0 Å². The third-order valence-corrected chi connectivity index (χ3v) is 5.60. The number of carbonyl (C=O) groups is 1. The van der Waals surface area contributed by atoms with E-state index < -0.39 is 0 Å². The van der Waals surface area contributed by atoms with Crippen molar-refractivity contribution in [2.45, 2.75) is 27.7 Å². The van der Waals surface area contributed by atoms with Crippen LogP contribution in [0.2, 0.25) is 5.02 Å². The van der Waals surface area contributed by atoms with E-state index >= 15 is 0 Å². The Hall–Kier alpha value is -2.37. The quantitative estimate of drug-likeness (QED) is 0.574. The topological polar surface area (TPSA) is 68.0 Å². The lowest BCUT2D eigenvalue weighted by molar-refractivity contribution is 0.104. The van der Waals surface area contributed by atoms with Gasteiger partial charge in [-0.05, 0) is 74.2 Å². The van der Waals surface area contributed by atoms with Gasteiger partial charge in [-0.15, -0.1) is 0 Å². The third-order valence-electron chi connectivity index (χ3n) is 4.37. The van der Waals surface area contributed by atoms with E-state index in [0.29, 0.717) is 20.6 Å². The molecule has 0 unspecified atom stereocenters. The highest BCUT2D eigenvalue weighted by Gasteiger charge is 2.20. The fourth-order valence-electron chi connectivity index (χ4n) is 2.76. The summed E-state index contributed by atoms with van der Waals surface area (Å²) in [5.74, 6) is 0.147. The molecule has 3 N–H and O–H groups in total. The Bertz CT molecular complexity index is 1010. The molecule has 0 fully saturated rings. The zero-order chi connectivity index (χ0) is 19.0. The number of aryl methyl sites for hydroxylation is 4. The predicted octanol–water partition coefficient (Wildman–Crippen LogP) is 5.59. The lowest BCUT2D eigenvalue weighted by atomic mass is 9.97. The second kappa shape index (κ2) is 7.09. The van der Waals surface area contributed by atoms with Gasteiger partial charge >= 0.3 is 0 Å². The average Bonchev–Trinajstić information content (AvgIpc) is 2.93. The summed E-state index contributed by atoms with van der Waals surface area (Å²) in [6, 6.07) is 9.49. The van der Waals surface area contributed by atoms with Crippen molar-refractivity contribution < 1.29 is 4.79 Å². The Morgan fingerprint density at radius 2 is 1.73 bits per heavy atom. The normalized spacial score (nSPS) is 10.8. The van der Waals surface area contributed by atoms with Crippen LogP contribution in [0, 0.1) is 27.7 Å². The molecule has 3 aromatic rings. The van der Waals surface area contributed by atoms with Gasteiger partial charge in [-0.3, -0.25) is 4.79 Å². The molecule has 1 heterocycles. The molecule has 6 heteroatoms. The smallest absolute Gasteiger partial charge is 0.207 e. The first-order valence-electron chi connectivity index (χ1n) is 8.18. The first kappa shape index (κ1) is 18.4. The minimum Gasteiger partial charge on any atom is -0.382 e. The number of benzene rings is 2. The Balaban J connectivity index is 1.93. The van der Waals surface area contributed by atoms with Crippen molar-refractivity contribution in [3.05, 3.63) is 68.0 Å². The molecule has 26 heavy (non-hydrogen) atoms. The van der Waals surface area contributed by atoms with Crippen LogP contribution < -0.4 is 11.1 Å². The summed E-state index contributed by atoms with van der Waals surface area (Å²) in [6.45, 7) is 7.93. The van der Waals surface area contributed by atoms with E-state index in [4.69, 9.17) is 17.3 Å². The molecule has 0 amide bonds. The number of rotatable bonds is 4.